The first-order chi connectivity index (χ1) is 21.1. The van der Waals surface area contributed by atoms with Crippen LogP contribution in [0.3, 0.4) is 0 Å². The highest BCUT2D eigenvalue weighted by atomic mass is 15.1. The molecule has 9 rings (SSSR count). The molecule has 3 heteroatoms. The summed E-state index contributed by atoms with van der Waals surface area (Å²) in [6, 6.07) is 25.7. The Hall–Kier alpha value is -5.20. The predicted molar refractivity (Wildman–Crippen MR) is 177 cm³/mol. The summed E-state index contributed by atoms with van der Waals surface area (Å²) in [5.41, 5.74) is 13.8. The van der Waals surface area contributed by atoms with Gasteiger partial charge >= 0.3 is 0 Å². The van der Waals surface area contributed by atoms with Crippen molar-refractivity contribution in [2.45, 2.75) is 32.1 Å². The van der Waals surface area contributed by atoms with Gasteiger partial charge in [0, 0.05) is 40.0 Å². The van der Waals surface area contributed by atoms with E-state index in [9.17, 15) is 0 Å². The maximum atomic E-state index is 5.39. The van der Waals surface area contributed by atoms with Crippen molar-refractivity contribution >= 4 is 39.2 Å². The molecular formula is C40H29N3. The van der Waals surface area contributed by atoms with E-state index in [1.165, 1.54) is 38.9 Å². The molecule has 0 bridgehead atoms. The second-order valence-corrected chi connectivity index (χ2v) is 12.4. The van der Waals surface area contributed by atoms with Gasteiger partial charge in [0.05, 0.1) is 16.6 Å². The number of aromatic nitrogens is 3. The van der Waals surface area contributed by atoms with Gasteiger partial charge in [0.25, 0.3) is 0 Å². The van der Waals surface area contributed by atoms with Gasteiger partial charge in [-0.1, -0.05) is 111 Å². The Labute approximate surface area is 251 Å². The quantitative estimate of drug-likeness (QED) is 0.205. The molecule has 0 N–H and O–H groups in total. The third-order valence-corrected chi connectivity index (χ3v) is 9.60. The van der Waals surface area contributed by atoms with Crippen LogP contribution in [0.2, 0.25) is 0 Å². The van der Waals surface area contributed by atoms with E-state index in [-0.39, 0.29) is 5.41 Å². The standard InChI is InChI=1S/C40H29N3/c1-40(2)32-18-7-5-15-28(32)29-17-11-14-27(23-33(29)40)38-39(42-35-20-9-8-19-34(35)41-38)43-36-21-10-6-16-30(36)31-22-25-12-3-4-13-26(25)24-37(31)43/h3-10,12-13,15-16,18-23,26H,14,24H2,1-2H3. The Morgan fingerprint density at radius 1 is 0.860 bits per heavy atom. The van der Waals surface area contributed by atoms with Crippen molar-refractivity contribution in [3.8, 4) is 17.7 Å². The molecular weight excluding hydrogens is 522 g/mol. The van der Waals surface area contributed by atoms with Crippen LogP contribution in [0.25, 0.3) is 45.0 Å². The van der Waals surface area contributed by atoms with Gasteiger partial charge in [0.2, 0.25) is 0 Å². The Balaban J connectivity index is 1.33. The molecule has 0 radical (unpaired) electrons. The van der Waals surface area contributed by atoms with E-state index in [0.29, 0.717) is 12.3 Å². The molecule has 0 fully saturated rings. The number of rotatable bonds is 2. The van der Waals surface area contributed by atoms with E-state index >= 15 is 0 Å². The lowest BCUT2D eigenvalue weighted by Crippen LogP contribution is -2.17. The number of allylic oxidation sites excluding steroid dienone is 9. The minimum Gasteiger partial charge on any atom is -0.296 e. The van der Waals surface area contributed by atoms with Crippen LogP contribution in [0.4, 0.5) is 0 Å². The molecule has 3 aromatic carbocycles. The molecule has 1 unspecified atom stereocenters. The molecule has 204 valence electrons. The van der Waals surface area contributed by atoms with E-state index in [2.05, 4.69) is 127 Å². The molecule has 4 aliphatic carbocycles. The summed E-state index contributed by atoms with van der Waals surface area (Å²) in [5, 5.41) is 1.25. The number of para-hydroxylation sites is 3. The monoisotopic (exact) mass is 551 g/mol. The summed E-state index contributed by atoms with van der Waals surface area (Å²) in [6.07, 6.45) is 15.2. The number of hydrogen-bond donors (Lipinski definition) is 0. The first kappa shape index (κ1) is 24.4. The second-order valence-electron chi connectivity index (χ2n) is 12.4. The zero-order chi connectivity index (χ0) is 28.7. The predicted octanol–water partition coefficient (Wildman–Crippen LogP) is 8.79. The van der Waals surface area contributed by atoms with E-state index in [1.807, 2.05) is 12.1 Å². The van der Waals surface area contributed by atoms with Crippen molar-refractivity contribution in [2.75, 3.05) is 0 Å². The molecule has 0 amide bonds. The van der Waals surface area contributed by atoms with Gasteiger partial charge in [-0.05, 0) is 58.5 Å². The number of nitrogens with zero attached hydrogens (tertiary/aromatic N) is 3. The fourth-order valence-corrected chi connectivity index (χ4v) is 7.44. The van der Waals surface area contributed by atoms with E-state index < -0.39 is 0 Å². The summed E-state index contributed by atoms with van der Waals surface area (Å²) in [6.45, 7) is 4.63. The Bertz CT molecular complexity index is 2270. The Kier molecular flexibility index (Phi) is 5.05. The highest BCUT2D eigenvalue weighted by Gasteiger charge is 2.37. The molecule has 1 atom stereocenters. The molecule has 2 aromatic heterocycles. The molecule has 43 heavy (non-hydrogen) atoms. The van der Waals surface area contributed by atoms with Crippen LogP contribution in [0.1, 0.15) is 48.3 Å². The van der Waals surface area contributed by atoms with Crippen LogP contribution < -0.4 is 0 Å². The summed E-state index contributed by atoms with van der Waals surface area (Å²) in [4.78, 5) is 10.8. The number of fused-ring (bicyclic) bond motifs is 7. The molecule has 4 aliphatic rings. The molecule has 5 aromatic rings. The van der Waals surface area contributed by atoms with Crippen LogP contribution in [0.5, 0.6) is 0 Å². The first-order valence-corrected chi connectivity index (χ1v) is 15.1. The third-order valence-electron chi connectivity index (χ3n) is 9.60. The molecule has 0 saturated heterocycles. The first-order valence-electron chi connectivity index (χ1n) is 15.1. The maximum absolute atomic E-state index is 5.39. The highest BCUT2D eigenvalue weighted by Crippen LogP contribution is 2.48. The molecule has 2 heterocycles. The average molecular weight is 552 g/mol. The minimum absolute atomic E-state index is 0.151. The Morgan fingerprint density at radius 3 is 2.56 bits per heavy atom. The lowest BCUT2D eigenvalue weighted by atomic mass is 9.80. The van der Waals surface area contributed by atoms with Crippen molar-refractivity contribution in [2.24, 2.45) is 5.92 Å². The van der Waals surface area contributed by atoms with Gasteiger partial charge in [-0.2, -0.15) is 0 Å². The van der Waals surface area contributed by atoms with Crippen LogP contribution in [0.15, 0.2) is 114 Å². The third kappa shape index (κ3) is 3.50. The maximum Gasteiger partial charge on any atom is 0.164 e. The van der Waals surface area contributed by atoms with Gasteiger partial charge < -0.3 is 0 Å². The SMILES string of the molecule is CC1(C)C2=C(C#CCC(c3nc4ccccc4nc3-n3c4c(c5ccccc53)C=C3C=CC=CC3C4)=C2)c2ccccc21. The van der Waals surface area contributed by atoms with Crippen LogP contribution >= 0.6 is 0 Å². The van der Waals surface area contributed by atoms with Crippen LogP contribution in [-0.4, -0.2) is 14.5 Å². The van der Waals surface area contributed by atoms with E-state index in [1.54, 1.807) is 0 Å². The van der Waals surface area contributed by atoms with Gasteiger partial charge in [-0.3, -0.25) is 4.57 Å². The number of hydrogen-bond acceptors (Lipinski definition) is 2. The largest absolute Gasteiger partial charge is 0.296 e. The average Bonchev–Trinajstić information content (AvgIpc) is 3.32. The van der Waals surface area contributed by atoms with E-state index in [4.69, 9.17) is 9.97 Å². The smallest absolute Gasteiger partial charge is 0.164 e. The molecule has 0 saturated carbocycles. The van der Waals surface area contributed by atoms with Crippen molar-refractivity contribution < 1.29 is 0 Å². The van der Waals surface area contributed by atoms with Crippen LogP contribution in [0, 0.1) is 17.8 Å². The molecule has 0 spiro atoms. The molecule has 0 aliphatic heterocycles. The zero-order valence-electron chi connectivity index (χ0n) is 24.2. The minimum atomic E-state index is -0.151. The topological polar surface area (TPSA) is 30.7 Å². The summed E-state index contributed by atoms with van der Waals surface area (Å²) < 4.78 is 2.39. The highest BCUT2D eigenvalue weighted by molar-refractivity contribution is 5.97. The van der Waals surface area contributed by atoms with Gasteiger partial charge in [0.15, 0.2) is 5.82 Å². The summed E-state index contributed by atoms with van der Waals surface area (Å²) in [7, 11) is 0. The summed E-state index contributed by atoms with van der Waals surface area (Å²) in [5.74, 6) is 8.32. The normalized spacial score (nSPS) is 19.2. The van der Waals surface area contributed by atoms with Crippen molar-refractivity contribution in [1.82, 2.24) is 14.5 Å². The fraction of sp³-hybridized carbons (Fsp3) is 0.150. The number of benzene rings is 3. The van der Waals surface area contributed by atoms with Crippen molar-refractivity contribution in [3.05, 3.63) is 142 Å². The fourth-order valence-electron chi connectivity index (χ4n) is 7.44. The van der Waals surface area contributed by atoms with Gasteiger partial charge in [0.1, 0.15) is 5.69 Å². The van der Waals surface area contributed by atoms with Gasteiger partial charge in [-0.25, -0.2) is 9.97 Å². The Morgan fingerprint density at radius 2 is 1.65 bits per heavy atom. The zero-order valence-corrected chi connectivity index (χ0v) is 24.2. The second kappa shape index (κ2) is 8.90. The lowest BCUT2D eigenvalue weighted by molar-refractivity contribution is 0.654. The van der Waals surface area contributed by atoms with Crippen molar-refractivity contribution in [1.29, 1.82) is 0 Å². The summed E-state index contributed by atoms with van der Waals surface area (Å²) >= 11 is 0. The van der Waals surface area contributed by atoms with E-state index in [0.717, 1.165) is 45.6 Å². The lowest BCUT2D eigenvalue weighted by Gasteiger charge is -2.25. The van der Waals surface area contributed by atoms with Gasteiger partial charge in [-0.15, -0.1) is 0 Å². The van der Waals surface area contributed by atoms with Crippen molar-refractivity contribution in [3.63, 3.8) is 0 Å². The molecule has 3 nitrogen and oxygen atoms in total. The van der Waals surface area contributed by atoms with Crippen LogP contribution in [-0.2, 0) is 11.8 Å².